The number of hydrogen-bond acceptors (Lipinski definition) is 4. The van der Waals surface area contributed by atoms with Gasteiger partial charge in [-0.05, 0) is 18.1 Å². The van der Waals surface area contributed by atoms with Crippen LogP contribution >= 0.6 is 0 Å². The normalized spacial score (nSPS) is 11.1. The van der Waals surface area contributed by atoms with Gasteiger partial charge in [-0.25, -0.2) is 13.4 Å². The first-order valence-electron chi connectivity index (χ1n) is 6.01. The van der Waals surface area contributed by atoms with Gasteiger partial charge in [-0.2, -0.15) is 5.26 Å². The molecule has 7 heteroatoms. The maximum Gasteiger partial charge on any atom is 0.263 e. The molecule has 0 spiro atoms. The summed E-state index contributed by atoms with van der Waals surface area (Å²) < 4.78 is 28.6. The van der Waals surface area contributed by atoms with Gasteiger partial charge in [0, 0.05) is 7.05 Å². The average Bonchev–Trinajstić information content (AvgIpc) is 2.78. The van der Waals surface area contributed by atoms with Crippen LogP contribution in [0, 0.1) is 11.3 Å². The molecular formula is C13H14N4O2S. The first kappa shape index (κ1) is 14.1. The predicted octanol–water partition coefficient (Wildman–Crippen LogP) is 1.65. The number of nitrogens with one attached hydrogen (secondary N) is 1. The zero-order valence-electron chi connectivity index (χ0n) is 11.2. The van der Waals surface area contributed by atoms with Gasteiger partial charge in [0.2, 0.25) is 0 Å². The third kappa shape index (κ3) is 2.51. The summed E-state index contributed by atoms with van der Waals surface area (Å²) in [5.74, 6) is 0.0425. The van der Waals surface area contributed by atoms with Crippen molar-refractivity contribution in [1.29, 1.82) is 5.26 Å². The molecule has 1 aromatic heterocycles. The number of nitriles is 1. The Morgan fingerprint density at radius 1 is 1.40 bits per heavy atom. The highest BCUT2D eigenvalue weighted by Crippen LogP contribution is 2.21. The molecule has 0 radical (unpaired) electrons. The van der Waals surface area contributed by atoms with E-state index in [0.717, 1.165) is 5.56 Å². The van der Waals surface area contributed by atoms with E-state index in [1.807, 2.05) is 13.0 Å². The van der Waals surface area contributed by atoms with Crippen molar-refractivity contribution in [2.75, 3.05) is 4.72 Å². The van der Waals surface area contributed by atoms with E-state index in [0.29, 0.717) is 6.42 Å². The predicted molar refractivity (Wildman–Crippen MR) is 74.6 cm³/mol. The highest BCUT2D eigenvalue weighted by molar-refractivity contribution is 7.92. The summed E-state index contributed by atoms with van der Waals surface area (Å²) in [5, 5.41) is 9.01. The van der Waals surface area contributed by atoms with Gasteiger partial charge >= 0.3 is 0 Å². The minimum Gasteiger partial charge on any atom is -0.324 e. The summed E-state index contributed by atoms with van der Waals surface area (Å²) in [6.45, 7) is 1.88. The van der Waals surface area contributed by atoms with Crippen molar-refractivity contribution >= 4 is 15.8 Å². The highest BCUT2D eigenvalue weighted by Gasteiger charge is 2.20. The van der Waals surface area contributed by atoms with Crippen molar-refractivity contribution in [3.8, 4) is 6.07 Å². The fourth-order valence-corrected chi connectivity index (χ4v) is 3.21. The van der Waals surface area contributed by atoms with Crippen LogP contribution in [-0.4, -0.2) is 18.0 Å². The van der Waals surface area contributed by atoms with Gasteiger partial charge in [0.05, 0.1) is 11.2 Å². The molecular weight excluding hydrogens is 276 g/mol. The van der Waals surface area contributed by atoms with Crippen LogP contribution in [0.15, 0.2) is 35.5 Å². The molecule has 104 valence electrons. The van der Waals surface area contributed by atoms with Crippen molar-refractivity contribution in [2.24, 2.45) is 7.05 Å². The van der Waals surface area contributed by atoms with Gasteiger partial charge in [0.1, 0.15) is 6.07 Å². The summed E-state index contributed by atoms with van der Waals surface area (Å²) in [6, 6.07) is 8.68. The lowest BCUT2D eigenvalue weighted by atomic mass is 10.2. The van der Waals surface area contributed by atoms with Crippen LogP contribution in [0.2, 0.25) is 0 Å². The second kappa shape index (κ2) is 5.35. The number of hydrogen-bond donors (Lipinski definition) is 1. The summed E-state index contributed by atoms with van der Waals surface area (Å²) in [4.78, 5) is 4.11. The van der Waals surface area contributed by atoms with E-state index in [4.69, 9.17) is 5.26 Å². The zero-order chi connectivity index (χ0) is 14.8. The largest absolute Gasteiger partial charge is 0.324 e. The number of rotatable bonds is 4. The first-order chi connectivity index (χ1) is 9.49. The molecule has 2 rings (SSSR count). The van der Waals surface area contributed by atoms with Gasteiger partial charge in [-0.15, -0.1) is 0 Å². The molecule has 0 aliphatic rings. The minimum atomic E-state index is -3.75. The van der Waals surface area contributed by atoms with Crippen LogP contribution in [0.1, 0.15) is 18.2 Å². The molecule has 0 unspecified atom stereocenters. The van der Waals surface area contributed by atoms with Gasteiger partial charge in [0.25, 0.3) is 10.0 Å². The Labute approximate surface area is 117 Å². The molecule has 0 fully saturated rings. The second-order valence-electron chi connectivity index (χ2n) is 4.23. The lowest BCUT2D eigenvalue weighted by Gasteiger charge is -2.09. The second-order valence-corrected chi connectivity index (χ2v) is 5.88. The van der Waals surface area contributed by atoms with Crippen molar-refractivity contribution in [1.82, 2.24) is 9.55 Å². The van der Waals surface area contributed by atoms with Gasteiger partial charge < -0.3 is 4.57 Å². The fraction of sp³-hybridized carbons (Fsp3) is 0.231. The maximum absolute atomic E-state index is 12.4. The van der Waals surface area contributed by atoms with E-state index in [1.165, 1.54) is 17.0 Å². The number of aryl methyl sites for hydroxylation is 2. The van der Waals surface area contributed by atoms with Crippen LogP contribution < -0.4 is 4.72 Å². The van der Waals surface area contributed by atoms with Crippen LogP contribution in [0.4, 0.5) is 5.82 Å². The summed E-state index contributed by atoms with van der Waals surface area (Å²) in [5.41, 5.74) is 0.886. The van der Waals surface area contributed by atoms with E-state index in [9.17, 15) is 8.42 Å². The van der Waals surface area contributed by atoms with E-state index >= 15 is 0 Å². The molecule has 1 N–H and O–H groups in total. The lowest BCUT2D eigenvalue weighted by Crippen LogP contribution is -2.16. The van der Waals surface area contributed by atoms with Crippen molar-refractivity contribution in [2.45, 2.75) is 18.2 Å². The Kier molecular flexibility index (Phi) is 3.77. The van der Waals surface area contributed by atoms with Gasteiger partial charge in [0.15, 0.2) is 11.5 Å². The number of aromatic nitrogens is 2. The minimum absolute atomic E-state index is 0.0425. The molecule has 0 saturated heterocycles. The van der Waals surface area contributed by atoms with Crippen molar-refractivity contribution in [3.05, 3.63) is 41.9 Å². The van der Waals surface area contributed by atoms with Gasteiger partial charge in [-0.3, -0.25) is 4.72 Å². The Morgan fingerprint density at radius 3 is 2.75 bits per heavy atom. The molecule has 0 aliphatic carbocycles. The van der Waals surface area contributed by atoms with Crippen LogP contribution in [0.25, 0.3) is 0 Å². The topological polar surface area (TPSA) is 87.8 Å². The molecule has 0 amide bonds. The summed E-state index contributed by atoms with van der Waals surface area (Å²) >= 11 is 0. The van der Waals surface area contributed by atoms with Crippen molar-refractivity contribution in [3.63, 3.8) is 0 Å². The molecule has 6 nitrogen and oxygen atoms in total. The standard InChI is InChI=1S/C13H14N4O2S/c1-3-10-6-4-5-7-12(10)20(18,19)16-13-11(8-14)17(2)9-15-13/h4-7,9,16H,3H2,1-2H3. The molecule has 2 aromatic rings. The highest BCUT2D eigenvalue weighted by atomic mass is 32.2. The molecule has 0 aliphatic heterocycles. The van der Waals surface area contributed by atoms with Crippen LogP contribution in [-0.2, 0) is 23.5 Å². The van der Waals surface area contributed by atoms with E-state index in [-0.39, 0.29) is 16.4 Å². The number of imidazole rings is 1. The summed E-state index contributed by atoms with van der Waals surface area (Å²) in [7, 11) is -2.12. The Morgan fingerprint density at radius 2 is 2.10 bits per heavy atom. The smallest absolute Gasteiger partial charge is 0.263 e. The zero-order valence-corrected chi connectivity index (χ0v) is 12.0. The SMILES string of the molecule is CCc1ccccc1S(=O)(=O)Nc1ncn(C)c1C#N. The monoisotopic (exact) mass is 290 g/mol. The number of benzene rings is 1. The van der Waals surface area contributed by atoms with Crippen LogP contribution in [0.3, 0.4) is 0 Å². The molecule has 0 atom stereocenters. The van der Waals surface area contributed by atoms with E-state index < -0.39 is 10.0 Å². The van der Waals surface area contributed by atoms with Gasteiger partial charge in [-0.1, -0.05) is 25.1 Å². The Bertz CT molecular complexity index is 772. The third-order valence-electron chi connectivity index (χ3n) is 2.92. The lowest BCUT2D eigenvalue weighted by molar-refractivity contribution is 0.600. The molecule has 0 bridgehead atoms. The fourth-order valence-electron chi connectivity index (χ4n) is 1.88. The average molecular weight is 290 g/mol. The Balaban J connectivity index is 2.44. The van der Waals surface area contributed by atoms with E-state index in [2.05, 4.69) is 9.71 Å². The first-order valence-corrected chi connectivity index (χ1v) is 7.50. The molecule has 0 saturated carbocycles. The quantitative estimate of drug-likeness (QED) is 0.927. The molecule has 1 aromatic carbocycles. The maximum atomic E-state index is 12.4. The number of anilines is 1. The number of sulfonamides is 1. The molecule has 1 heterocycles. The van der Waals surface area contributed by atoms with Crippen LogP contribution in [0.5, 0.6) is 0 Å². The summed E-state index contributed by atoms with van der Waals surface area (Å²) in [6.07, 6.45) is 1.99. The number of nitrogens with zero attached hydrogens (tertiary/aromatic N) is 3. The van der Waals surface area contributed by atoms with Crippen molar-refractivity contribution < 1.29 is 8.42 Å². The van der Waals surface area contributed by atoms with E-state index in [1.54, 1.807) is 25.2 Å². The third-order valence-corrected chi connectivity index (χ3v) is 4.36. The Hall–Kier alpha value is -2.33. The molecule has 20 heavy (non-hydrogen) atoms.